The molecule has 4 rings (SSSR count). The number of hydrogen-bond acceptors (Lipinski definition) is 2. The summed E-state index contributed by atoms with van der Waals surface area (Å²) in [5.41, 5.74) is 11.0. The zero-order valence-electron chi connectivity index (χ0n) is 28.4. The maximum absolute atomic E-state index is 4.07. The second-order valence-corrected chi connectivity index (χ2v) is 16.8. The molecule has 0 amide bonds. The maximum Gasteiger partial charge on any atom is 0.0651 e. The van der Waals surface area contributed by atoms with Crippen molar-refractivity contribution in [3.63, 3.8) is 0 Å². The van der Waals surface area contributed by atoms with Gasteiger partial charge in [-0.05, 0) is 108 Å². The van der Waals surface area contributed by atoms with Gasteiger partial charge in [-0.15, -0.1) is 0 Å². The van der Waals surface area contributed by atoms with Crippen molar-refractivity contribution in [2.75, 3.05) is 10.2 Å². The topological polar surface area (TPSA) is 15.3 Å². The molecule has 0 saturated carbocycles. The number of nitrogens with zero attached hydrogens (tertiary/aromatic N) is 1. The van der Waals surface area contributed by atoms with E-state index in [2.05, 4.69) is 194 Å². The molecular weight excluding hydrogens is 588 g/mol. The first-order chi connectivity index (χ1) is 19.7. The number of halogens is 1. The summed E-state index contributed by atoms with van der Waals surface area (Å²) in [6.45, 7) is 27.2. The molecule has 228 valence electrons. The molecule has 43 heavy (non-hydrogen) atoms. The minimum Gasteiger partial charge on any atom is -0.355 e. The lowest BCUT2D eigenvalue weighted by atomic mass is 9.85. The summed E-state index contributed by atoms with van der Waals surface area (Å²) in [7, 11) is 0. The molecule has 0 spiro atoms. The van der Waals surface area contributed by atoms with Gasteiger partial charge in [0.05, 0.1) is 15.8 Å². The summed E-state index contributed by atoms with van der Waals surface area (Å²) < 4.78 is 1.03. The fourth-order valence-corrected chi connectivity index (χ4v) is 5.66. The lowest BCUT2D eigenvalue weighted by Gasteiger charge is -2.31. The van der Waals surface area contributed by atoms with Crippen molar-refractivity contribution in [2.45, 2.75) is 105 Å². The van der Waals surface area contributed by atoms with E-state index in [1.54, 1.807) is 0 Å². The summed E-state index contributed by atoms with van der Waals surface area (Å²) >= 11 is 4.07. The van der Waals surface area contributed by atoms with Crippen LogP contribution in [0.15, 0.2) is 89.4 Å². The van der Waals surface area contributed by atoms with Crippen molar-refractivity contribution in [1.82, 2.24) is 0 Å². The van der Waals surface area contributed by atoms with Gasteiger partial charge in [-0.3, -0.25) is 0 Å². The van der Waals surface area contributed by atoms with Crippen LogP contribution in [0.1, 0.15) is 105 Å². The third-order valence-corrected chi connectivity index (χ3v) is 9.01. The molecule has 4 aromatic carbocycles. The van der Waals surface area contributed by atoms with Crippen molar-refractivity contribution in [2.24, 2.45) is 0 Å². The van der Waals surface area contributed by atoms with E-state index in [0.29, 0.717) is 0 Å². The molecule has 0 aliphatic carbocycles. The average molecular weight is 640 g/mol. The van der Waals surface area contributed by atoms with Crippen molar-refractivity contribution in [3.8, 4) is 0 Å². The van der Waals surface area contributed by atoms with E-state index in [0.717, 1.165) is 32.9 Å². The number of anilines is 5. The van der Waals surface area contributed by atoms with Gasteiger partial charge in [-0.1, -0.05) is 119 Å². The van der Waals surface area contributed by atoms with Crippen LogP contribution in [0, 0.1) is 0 Å². The highest BCUT2D eigenvalue weighted by atomic mass is 79.9. The van der Waals surface area contributed by atoms with E-state index in [-0.39, 0.29) is 21.7 Å². The summed E-state index contributed by atoms with van der Waals surface area (Å²) in [6.07, 6.45) is 0. The van der Waals surface area contributed by atoms with Crippen LogP contribution in [-0.2, 0) is 21.7 Å². The molecule has 0 aliphatic rings. The molecule has 0 atom stereocenters. The minimum atomic E-state index is -0.0418. The molecule has 0 aromatic heterocycles. The Labute approximate surface area is 270 Å². The number of nitrogens with one attached hydrogen (secondary N) is 1. The fourth-order valence-electron chi connectivity index (χ4n) is 5.15. The molecule has 0 aliphatic heterocycles. The van der Waals surface area contributed by atoms with Crippen molar-refractivity contribution in [3.05, 3.63) is 112 Å². The highest BCUT2D eigenvalue weighted by molar-refractivity contribution is 9.10. The predicted molar refractivity (Wildman–Crippen MR) is 193 cm³/mol. The van der Waals surface area contributed by atoms with Gasteiger partial charge in [0.1, 0.15) is 0 Å². The van der Waals surface area contributed by atoms with Crippen LogP contribution in [0.3, 0.4) is 0 Å². The molecule has 0 saturated heterocycles. The van der Waals surface area contributed by atoms with Crippen LogP contribution < -0.4 is 10.2 Å². The summed E-state index contributed by atoms with van der Waals surface area (Å²) in [4.78, 5) is 2.38. The molecule has 2 nitrogen and oxygen atoms in total. The fraction of sp³-hybridized carbons (Fsp3) is 0.400. The Morgan fingerprint density at radius 1 is 0.465 bits per heavy atom. The monoisotopic (exact) mass is 638 g/mol. The van der Waals surface area contributed by atoms with Gasteiger partial charge in [-0.25, -0.2) is 0 Å². The second-order valence-electron chi connectivity index (χ2n) is 16.0. The normalized spacial score (nSPS) is 12.8. The molecule has 0 radical (unpaired) electrons. The first kappa shape index (κ1) is 32.9. The molecule has 0 unspecified atom stereocenters. The number of benzene rings is 4. The Morgan fingerprint density at radius 2 is 0.814 bits per heavy atom. The average Bonchev–Trinajstić information content (AvgIpc) is 2.89. The summed E-state index contributed by atoms with van der Waals surface area (Å²) in [5, 5.41) is 3.75. The molecule has 0 fully saturated rings. The van der Waals surface area contributed by atoms with Crippen LogP contribution >= 0.6 is 15.9 Å². The maximum atomic E-state index is 4.07. The van der Waals surface area contributed by atoms with Crippen LogP contribution in [-0.4, -0.2) is 0 Å². The summed E-state index contributed by atoms with van der Waals surface area (Å²) in [5.74, 6) is 0. The van der Waals surface area contributed by atoms with Gasteiger partial charge in [-0.2, -0.15) is 0 Å². The van der Waals surface area contributed by atoms with Crippen molar-refractivity contribution in [1.29, 1.82) is 0 Å². The largest absolute Gasteiger partial charge is 0.355 e. The van der Waals surface area contributed by atoms with Crippen molar-refractivity contribution < 1.29 is 0 Å². The summed E-state index contributed by atoms with van der Waals surface area (Å²) in [6, 6.07) is 31.5. The van der Waals surface area contributed by atoms with E-state index in [1.807, 2.05) is 0 Å². The number of hydrogen-bond donors (Lipinski definition) is 1. The minimum absolute atomic E-state index is 0.0418. The lowest BCUT2D eigenvalue weighted by molar-refractivity contribution is 0.589. The molecule has 3 heteroatoms. The van der Waals surface area contributed by atoms with Crippen LogP contribution in [0.5, 0.6) is 0 Å². The van der Waals surface area contributed by atoms with E-state index in [4.69, 9.17) is 0 Å². The standard InChI is InChI=1S/C40H51BrN2/c1-37(2,3)27-13-19-31(20-14-27)42-34-25-30(40(10,11)12)26-35(36(34)41)43(32-21-15-28(16-22-32)38(4,5)6)33-23-17-29(18-24-33)39(7,8)9/h13-26,42H,1-12H3. The zero-order valence-corrected chi connectivity index (χ0v) is 30.0. The Bertz CT molecular complexity index is 1480. The quantitative estimate of drug-likeness (QED) is 0.234. The predicted octanol–water partition coefficient (Wildman–Crippen LogP) is 12.9. The first-order valence-electron chi connectivity index (χ1n) is 15.5. The van der Waals surface area contributed by atoms with Gasteiger partial charge in [0.2, 0.25) is 0 Å². The van der Waals surface area contributed by atoms with Gasteiger partial charge in [0.15, 0.2) is 0 Å². The van der Waals surface area contributed by atoms with Gasteiger partial charge < -0.3 is 10.2 Å². The van der Waals surface area contributed by atoms with Crippen LogP contribution in [0.2, 0.25) is 0 Å². The highest BCUT2D eigenvalue weighted by Gasteiger charge is 2.25. The van der Waals surface area contributed by atoms with Gasteiger partial charge in [0.25, 0.3) is 0 Å². The van der Waals surface area contributed by atoms with Crippen LogP contribution in [0.25, 0.3) is 0 Å². The van der Waals surface area contributed by atoms with Gasteiger partial charge >= 0.3 is 0 Å². The van der Waals surface area contributed by atoms with Crippen molar-refractivity contribution >= 4 is 44.4 Å². The smallest absolute Gasteiger partial charge is 0.0651 e. The molecule has 0 heterocycles. The van der Waals surface area contributed by atoms with E-state index >= 15 is 0 Å². The van der Waals surface area contributed by atoms with E-state index < -0.39 is 0 Å². The Kier molecular flexibility index (Phi) is 9.02. The SMILES string of the molecule is CC(C)(C)c1ccc(Nc2cc(C(C)(C)C)cc(N(c3ccc(C(C)(C)C)cc3)c3ccc(C(C)(C)C)cc3)c2Br)cc1. The Morgan fingerprint density at radius 3 is 1.16 bits per heavy atom. The van der Waals surface area contributed by atoms with E-state index in [1.165, 1.54) is 22.3 Å². The molecule has 4 aromatic rings. The second kappa shape index (κ2) is 11.8. The highest BCUT2D eigenvalue weighted by Crippen LogP contribution is 2.46. The number of rotatable bonds is 5. The van der Waals surface area contributed by atoms with E-state index in [9.17, 15) is 0 Å². The zero-order chi connectivity index (χ0) is 32.0. The van der Waals surface area contributed by atoms with Gasteiger partial charge in [0, 0.05) is 17.1 Å². The molecule has 0 bridgehead atoms. The molecular formula is C40H51BrN2. The third-order valence-electron chi connectivity index (χ3n) is 8.17. The Hall–Kier alpha value is -3.04. The third kappa shape index (κ3) is 7.73. The first-order valence-corrected chi connectivity index (χ1v) is 16.3. The lowest BCUT2D eigenvalue weighted by Crippen LogP contribution is -2.17. The van der Waals surface area contributed by atoms with Crippen LogP contribution in [0.4, 0.5) is 28.4 Å². The Balaban J connectivity index is 1.91. The molecule has 1 N–H and O–H groups in total.